The van der Waals surface area contributed by atoms with Crippen LogP contribution in [0.5, 0.6) is 0 Å². The molecule has 1 amide bonds. The van der Waals surface area contributed by atoms with E-state index in [9.17, 15) is 4.79 Å². The van der Waals surface area contributed by atoms with E-state index in [2.05, 4.69) is 15.2 Å². The maximum atomic E-state index is 12.5. The largest absolute Gasteiger partial charge is 0.334 e. The monoisotopic (exact) mass is 317 g/mol. The first kappa shape index (κ1) is 15.1. The van der Waals surface area contributed by atoms with Crippen molar-refractivity contribution in [2.24, 2.45) is 5.73 Å². The quantitative estimate of drug-likeness (QED) is 0.819. The number of hydrogen-bond donors (Lipinski definition) is 2. The number of nitrogens with one attached hydrogen (secondary N) is 1. The molecule has 1 unspecified atom stereocenters. The lowest BCUT2D eigenvalue weighted by Gasteiger charge is -2.23. The van der Waals surface area contributed by atoms with Crippen LogP contribution in [0.15, 0.2) is 35.7 Å². The minimum Gasteiger partial charge on any atom is -0.334 e. The summed E-state index contributed by atoms with van der Waals surface area (Å²) in [5, 5.41) is 7.42. The molecule has 0 saturated carbocycles. The van der Waals surface area contributed by atoms with Crippen LogP contribution >= 0.6 is 11.8 Å². The summed E-state index contributed by atoms with van der Waals surface area (Å²) < 4.78 is 0. The van der Waals surface area contributed by atoms with E-state index in [0.717, 1.165) is 41.4 Å². The Hall–Kier alpha value is -1.86. The average molecular weight is 317 g/mol. The number of nitrogens with zero attached hydrogens (tertiary/aromatic N) is 3. The van der Waals surface area contributed by atoms with E-state index in [1.807, 2.05) is 29.2 Å². The topological polar surface area (TPSA) is 87.9 Å². The molecule has 1 atom stereocenters. The van der Waals surface area contributed by atoms with E-state index >= 15 is 0 Å². The van der Waals surface area contributed by atoms with Gasteiger partial charge >= 0.3 is 0 Å². The number of carbonyl (C=O) groups is 1. The Morgan fingerprint density at radius 1 is 1.41 bits per heavy atom. The van der Waals surface area contributed by atoms with Crippen molar-refractivity contribution in [3.8, 4) is 0 Å². The van der Waals surface area contributed by atoms with Crippen molar-refractivity contribution in [3.05, 3.63) is 41.7 Å². The lowest BCUT2D eigenvalue weighted by Crippen LogP contribution is -2.39. The highest BCUT2D eigenvalue weighted by atomic mass is 32.2. The van der Waals surface area contributed by atoms with Crippen molar-refractivity contribution in [2.75, 3.05) is 13.1 Å². The second-order valence-electron chi connectivity index (χ2n) is 5.31. The summed E-state index contributed by atoms with van der Waals surface area (Å²) in [6.45, 7) is 1.35. The van der Waals surface area contributed by atoms with Crippen LogP contribution in [-0.4, -0.2) is 45.1 Å². The minimum absolute atomic E-state index is 0.0855. The molecule has 1 saturated heterocycles. The standard InChI is InChI=1S/C15H19N5OS/c16-8-13-2-1-7-20(13)14(21)12-5-3-11(4-6-12)9-22-15-17-10-18-19-15/h3-6,10,13H,1-2,7-9,16H2,(H,17,18,19). The molecule has 0 bridgehead atoms. The van der Waals surface area contributed by atoms with Gasteiger partial charge in [-0.2, -0.15) is 5.10 Å². The van der Waals surface area contributed by atoms with Gasteiger partial charge in [0.15, 0.2) is 5.16 Å². The fraction of sp³-hybridized carbons (Fsp3) is 0.400. The SMILES string of the molecule is NCC1CCCN1C(=O)c1ccc(CSc2ncn[nH]2)cc1. The van der Waals surface area contributed by atoms with Crippen LogP contribution in [0.3, 0.4) is 0 Å². The molecule has 1 aromatic carbocycles. The van der Waals surface area contributed by atoms with Crippen molar-refractivity contribution < 1.29 is 4.79 Å². The molecule has 0 aliphatic carbocycles. The van der Waals surface area contributed by atoms with Crippen molar-refractivity contribution >= 4 is 17.7 Å². The zero-order valence-corrected chi connectivity index (χ0v) is 13.1. The lowest BCUT2D eigenvalue weighted by atomic mass is 10.1. The van der Waals surface area contributed by atoms with E-state index in [0.29, 0.717) is 6.54 Å². The first-order valence-corrected chi connectivity index (χ1v) is 8.34. The van der Waals surface area contributed by atoms with Gasteiger partial charge in [-0.05, 0) is 30.5 Å². The molecule has 116 valence electrons. The molecule has 2 aromatic rings. The molecular weight excluding hydrogens is 298 g/mol. The molecule has 1 aromatic heterocycles. The van der Waals surface area contributed by atoms with Gasteiger partial charge in [-0.25, -0.2) is 4.98 Å². The number of hydrogen-bond acceptors (Lipinski definition) is 5. The summed E-state index contributed by atoms with van der Waals surface area (Å²) in [7, 11) is 0. The Balaban J connectivity index is 1.62. The van der Waals surface area contributed by atoms with E-state index in [1.54, 1.807) is 11.8 Å². The van der Waals surface area contributed by atoms with Crippen molar-refractivity contribution in [1.29, 1.82) is 0 Å². The Labute approximate surface area is 133 Å². The zero-order valence-electron chi connectivity index (χ0n) is 12.2. The molecule has 1 aliphatic rings. The Morgan fingerprint density at radius 3 is 2.91 bits per heavy atom. The Kier molecular flexibility index (Phi) is 4.74. The number of H-pyrrole nitrogens is 1. The molecule has 0 spiro atoms. The highest BCUT2D eigenvalue weighted by Crippen LogP contribution is 2.21. The van der Waals surface area contributed by atoms with E-state index < -0.39 is 0 Å². The number of rotatable bonds is 5. The second-order valence-corrected chi connectivity index (χ2v) is 6.27. The lowest BCUT2D eigenvalue weighted by molar-refractivity contribution is 0.0741. The predicted octanol–water partition coefficient (Wildman–Crippen LogP) is 1.66. The van der Waals surface area contributed by atoms with E-state index in [1.165, 1.54) is 6.33 Å². The van der Waals surface area contributed by atoms with Gasteiger partial charge in [-0.15, -0.1) is 0 Å². The number of aromatic nitrogens is 3. The van der Waals surface area contributed by atoms with Gasteiger partial charge in [0.1, 0.15) is 6.33 Å². The van der Waals surface area contributed by atoms with Crippen LogP contribution in [0.1, 0.15) is 28.8 Å². The number of thioether (sulfide) groups is 1. The normalized spacial score (nSPS) is 17.9. The van der Waals surface area contributed by atoms with Crippen molar-refractivity contribution in [2.45, 2.75) is 29.8 Å². The summed E-state index contributed by atoms with van der Waals surface area (Å²) in [6.07, 6.45) is 3.54. The molecule has 7 heteroatoms. The number of carbonyl (C=O) groups excluding carboxylic acids is 1. The highest BCUT2D eigenvalue weighted by molar-refractivity contribution is 7.98. The van der Waals surface area contributed by atoms with Gasteiger partial charge < -0.3 is 10.6 Å². The fourth-order valence-corrected chi connectivity index (χ4v) is 3.41. The van der Waals surface area contributed by atoms with E-state index in [4.69, 9.17) is 5.73 Å². The zero-order chi connectivity index (χ0) is 15.4. The third kappa shape index (κ3) is 3.31. The van der Waals surface area contributed by atoms with Crippen LogP contribution in [0.4, 0.5) is 0 Å². The van der Waals surface area contributed by atoms with Crippen LogP contribution < -0.4 is 5.73 Å². The molecule has 6 nitrogen and oxygen atoms in total. The van der Waals surface area contributed by atoms with Crippen LogP contribution in [0.2, 0.25) is 0 Å². The number of nitrogens with two attached hydrogens (primary N) is 1. The predicted molar refractivity (Wildman–Crippen MR) is 85.5 cm³/mol. The fourth-order valence-electron chi connectivity index (χ4n) is 2.67. The molecule has 2 heterocycles. The third-order valence-corrected chi connectivity index (χ3v) is 4.83. The van der Waals surface area contributed by atoms with Gasteiger partial charge in [0, 0.05) is 30.4 Å². The summed E-state index contributed by atoms with van der Waals surface area (Å²) in [4.78, 5) is 18.5. The summed E-state index contributed by atoms with van der Waals surface area (Å²) >= 11 is 1.58. The van der Waals surface area contributed by atoms with Gasteiger partial charge in [0.2, 0.25) is 0 Å². The smallest absolute Gasteiger partial charge is 0.254 e. The number of amides is 1. The summed E-state index contributed by atoms with van der Waals surface area (Å²) in [5.41, 5.74) is 7.62. The first-order chi connectivity index (χ1) is 10.8. The minimum atomic E-state index is 0.0855. The molecule has 22 heavy (non-hydrogen) atoms. The summed E-state index contributed by atoms with van der Waals surface area (Å²) in [6, 6.07) is 7.96. The third-order valence-electron chi connectivity index (χ3n) is 3.88. The molecule has 3 N–H and O–H groups in total. The molecule has 0 radical (unpaired) electrons. The van der Waals surface area contributed by atoms with Crippen LogP contribution in [0.25, 0.3) is 0 Å². The molecular formula is C15H19N5OS. The number of aromatic amines is 1. The van der Waals surface area contributed by atoms with Crippen molar-refractivity contribution in [1.82, 2.24) is 20.1 Å². The Morgan fingerprint density at radius 2 is 2.23 bits per heavy atom. The summed E-state index contributed by atoms with van der Waals surface area (Å²) in [5.74, 6) is 0.876. The van der Waals surface area contributed by atoms with Gasteiger partial charge in [-0.1, -0.05) is 23.9 Å². The van der Waals surface area contributed by atoms with Crippen molar-refractivity contribution in [3.63, 3.8) is 0 Å². The second kappa shape index (κ2) is 6.93. The maximum Gasteiger partial charge on any atom is 0.254 e. The Bertz CT molecular complexity index is 613. The number of likely N-dealkylation sites (tertiary alicyclic amines) is 1. The van der Waals surface area contributed by atoms with Crippen LogP contribution in [0, 0.1) is 0 Å². The molecule has 3 rings (SSSR count). The van der Waals surface area contributed by atoms with E-state index in [-0.39, 0.29) is 11.9 Å². The first-order valence-electron chi connectivity index (χ1n) is 7.36. The average Bonchev–Trinajstić information content (AvgIpc) is 3.23. The van der Waals surface area contributed by atoms with Gasteiger partial charge in [-0.3, -0.25) is 9.89 Å². The highest BCUT2D eigenvalue weighted by Gasteiger charge is 2.28. The van der Waals surface area contributed by atoms with Gasteiger partial charge in [0.05, 0.1) is 0 Å². The van der Waals surface area contributed by atoms with Gasteiger partial charge in [0.25, 0.3) is 5.91 Å². The maximum absolute atomic E-state index is 12.5. The molecule has 1 fully saturated rings. The molecule has 1 aliphatic heterocycles. The van der Waals surface area contributed by atoms with Crippen LogP contribution in [-0.2, 0) is 5.75 Å². The number of benzene rings is 1.